The normalized spacial score (nSPS) is 26.6. The van der Waals surface area contributed by atoms with Gasteiger partial charge in [-0.3, -0.25) is 4.98 Å². The molecule has 4 heterocycles. The highest BCUT2D eigenvalue weighted by Crippen LogP contribution is 2.44. The van der Waals surface area contributed by atoms with E-state index in [0.29, 0.717) is 6.54 Å². The topological polar surface area (TPSA) is 108 Å². The third kappa shape index (κ3) is 3.77. The molecule has 1 saturated heterocycles. The first-order valence-corrected chi connectivity index (χ1v) is 12.8. The number of aryl methyl sites for hydroxylation is 2. The van der Waals surface area contributed by atoms with E-state index in [9.17, 15) is 0 Å². The average molecular weight is 473 g/mol. The third-order valence-corrected chi connectivity index (χ3v) is 7.75. The molecule has 0 amide bonds. The van der Waals surface area contributed by atoms with Crippen molar-refractivity contribution in [2.75, 3.05) is 18.1 Å². The van der Waals surface area contributed by atoms with Crippen LogP contribution in [0.25, 0.3) is 20.8 Å². The maximum atomic E-state index is 6.28. The molecule has 5 rings (SSSR count). The number of hydrogen-bond acceptors (Lipinski definition) is 10. The number of rotatable bonds is 5. The maximum Gasteiger partial charge on any atom is 0.189 e. The second-order valence-corrected chi connectivity index (χ2v) is 10.6. The summed E-state index contributed by atoms with van der Waals surface area (Å²) in [5, 5.41) is 5.29. The summed E-state index contributed by atoms with van der Waals surface area (Å²) in [6.07, 6.45) is 4.57. The molecule has 0 spiro atoms. The van der Waals surface area contributed by atoms with E-state index >= 15 is 0 Å². The van der Waals surface area contributed by atoms with E-state index in [-0.39, 0.29) is 24.2 Å². The molecule has 1 aliphatic heterocycles. The van der Waals surface area contributed by atoms with Gasteiger partial charge in [-0.25, -0.2) is 15.0 Å². The van der Waals surface area contributed by atoms with Crippen LogP contribution < -0.4 is 11.1 Å². The number of anilines is 1. The number of nitrogens with one attached hydrogen (secondary N) is 1. The number of thiazole rings is 1. The van der Waals surface area contributed by atoms with E-state index in [1.165, 1.54) is 11.8 Å². The molecule has 2 fully saturated rings. The summed E-state index contributed by atoms with van der Waals surface area (Å²) in [5.41, 5.74) is 9.73. The van der Waals surface area contributed by atoms with Gasteiger partial charge in [-0.2, -0.15) is 0 Å². The van der Waals surface area contributed by atoms with Crippen molar-refractivity contribution < 1.29 is 9.47 Å². The molecule has 0 radical (unpaired) electrons. The van der Waals surface area contributed by atoms with E-state index in [2.05, 4.69) is 10.3 Å². The summed E-state index contributed by atoms with van der Waals surface area (Å²) in [7, 11) is 0. The molecule has 0 aromatic carbocycles. The standard InChI is InChI=1S/C22H28N6O2S2/c1-10-15(20-27-16-11(2)24-7-6-14(16)32-20)19(28-21(25-10)31-5)26-13-8-12(9-23)17-18(13)30-22(3,4)29-17/h6-7,12-13,17-18H,8-9,23H2,1-5H3,(H,25,26,28). The van der Waals surface area contributed by atoms with E-state index < -0.39 is 5.79 Å². The van der Waals surface area contributed by atoms with Crippen LogP contribution in [0.4, 0.5) is 5.82 Å². The van der Waals surface area contributed by atoms with Crippen LogP contribution in [0.15, 0.2) is 17.4 Å². The minimum Gasteiger partial charge on any atom is -0.364 e. The lowest BCUT2D eigenvalue weighted by Crippen LogP contribution is -2.35. The first kappa shape index (κ1) is 22.0. The highest BCUT2D eigenvalue weighted by Gasteiger charge is 2.53. The Balaban J connectivity index is 1.56. The number of ether oxygens (including phenoxy) is 2. The SMILES string of the molecule is CSc1nc(C)c(-c2nc3c(C)nccc3s2)c(NC2CC(CN)C3OC(C)(C)OC23)n1. The summed E-state index contributed by atoms with van der Waals surface area (Å²) in [5.74, 6) is 0.401. The Kier molecular flexibility index (Phi) is 5.61. The summed E-state index contributed by atoms with van der Waals surface area (Å²) in [6, 6.07) is 2.04. The second-order valence-electron chi connectivity index (χ2n) is 8.83. The molecule has 4 unspecified atom stereocenters. The minimum atomic E-state index is -0.616. The molecule has 170 valence electrons. The van der Waals surface area contributed by atoms with Gasteiger partial charge in [0, 0.05) is 12.1 Å². The van der Waals surface area contributed by atoms with Gasteiger partial charge in [-0.05, 0) is 53.0 Å². The number of nitrogens with two attached hydrogens (primary N) is 1. The van der Waals surface area contributed by atoms with Crippen LogP contribution in [0, 0.1) is 19.8 Å². The molecule has 3 aromatic rings. The largest absolute Gasteiger partial charge is 0.364 e. The van der Waals surface area contributed by atoms with E-state index in [0.717, 1.165) is 49.6 Å². The van der Waals surface area contributed by atoms with Gasteiger partial charge in [-0.1, -0.05) is 11.8 Å². The number of thioether (sulfide) groups is 1. The van der Waals surface area contributed by atoms with Crippen molar-refractivity contribution >= 4 is 39.1 Å². The van der Waals surface area contributed by atoms with Gasteiger partial charge in [0.15, 0.2) is 10.9 Å². The molecular formula is C22H28N6O2S2. The fourth-order valence-electron chi connectivity index (χ4n) is 4.72. The molecule has 0 bridgehead atoms. The zero-order chi connectivity index (χ0) is 22.6. The number of pyridine rings is 1. The van der Waals surface area contributed by atoms with Gasteiger partial charge < -0.3 is 20.5 Å². The number of aromatic nitrogens is 4. The van der Waals surface area contributed by atoms with Crippen LogP contribution in [0.2, 0.25) is 0 Å². The van der Waals surface area contributed by atoms with Gasteiger partial charge in [0.05, 0.1) is 33.8 Å². The molecule has 1 aliphatic carbocycles. The van der Waals surface area contributed by atoms with Crippen LogP contribution in [0.5, 0.6) is 0 Å². The highest BCUT2D eigenvalue weighted by molar-refractivity contribution is 7.98. The van der Waals surface area contributed by atoms with E-state index in [1.807, 2.05) is 46.2 Å². The van der Waals surface area contributed by atoms with Crippen LogP contribution >= 0.6 is 23.1 Å². The third-order valence-electron chi connectivity index (χ3n) is 6.16. The summed E-state index contributed by atoms with van der Waals surface area (Å²) >= 11 is 3.16. The van der Waals surface area contributed by atoms with Crippen molar-refractivity contribution in [2.24, 2.45) is 11.7 Å². The van der Waals surface area contributed by atoms with Gasteiger partial charge in [0.1, 0.15) is 22.4 Å². The Morgan fingerprint density at radius 1 is 1.19 bits per heavy atom. The average Bonchev–Trinajstić information content (AvgIpc) is 3.39. The van der Waals surface area contributed by atoms with Crippen LogP contribution in [0.3, 0.4) is 0 Å². The lowest BCUT2D eigenvalue weighted by Gasteiger charge is -2.25. The van der Waals surface area contributed by atoms with Crippen molar-refractivity contribution in [1.29, 1.82) is 0 Å². The van der Waals surface area contributed by atoms with E-state index in [4.69, 9.17) is 30.2 Å². The van der Waals surface area contributed by atoms with Gasteiger partial charge in [-0.15, -0.1) is 11.3 Å². The van der Waals surface area contributed by atoms with Crippen molar-refractivity contribution in [3.63, 3.8) is 0 Å². The predicted octanol–water partition coefficient (Wildman–Crippen LogP) is 3.77. The quantitative estimate of drug-likeness (QED) is 0.424. The summed E-state index contributed by atoms with van der Waals surface area (Å²) in [4.78, 5) is 18.9. The minimum absolute atomic E-state index is 0.0184. The fraction of sp³-hybridized carbons (Fsp3) is 0.545. The molecule has 3 N–H and O–H groups in total. The molecule has 1 saturated carbocycles. The summed E-state index contributed by atoms with van der Waals surface area (Å²) < 4.78 is 13.6. The summed E-state index contributed by atoms with van der Waals surface area (Å²) in [6.45, 7) is 8.47. The van der Waals surface area contributed by atoms with Crippen molar-refractivity contribution in [2.45, 2.75) is 63.3 Å². The maximum absolute atomic E-state index is 6.28. The molecular weight excluding hydrogens is 444 g/mol. The molecule has 4 atom stereocenters. The Labute approximate surface area is 195 Å². The van der Waals surface area contributed by atoms with Crippen LogP contribution in [-0.2, 0) is 9.47 Å². The van der Waals surface area contributed by atoms with Crippen LogP contribution in [0.1, 0.15) is 31.7 Å². The van der Waals surface area contributed by atoms with Gasteiger partial charge in [0.25, 0.3) is 0 Å². The highest BCUT2D eigenvalue weighted by atomic mass is 32.2. The first-order chi connectivity index (χ1) is 15.3. The second kappa shape index (κ2) is 8.18. The van der Waals surface area contributed by atoms with E-state index in [1.54, 1.807) is 11.3 Å². The fourth-order valence-corrected chi connectivity index (χ4v) is 6.24. The Hall–Kier alpha value is -1.85. The van der Waals surface area contributed by atoms with Gasteiger partial charge >= 0.3 is 0 Å². The molecule has 2 aliphatic rings. The van der Waals surface area contributed by atoms with Crippen molar-refractivity contribution in [3.05, 3.63) is 23.7 Å². The Morgan fingerprint density at radius 3 is 2.69 bits per heavy atom. The molecule has 10 heteroatoms. The number of fused-ring (bicyclic) bond motifs is 2. The smallest absolute Gasteiger partial charge is 0.189 e. The number of nitrogens with zero attached hydrogens (tertiary/aromatic N) is 4. The van der Waals surface area contributed by atoms with Gasteiger partial charge in [0.2, 0.25) is 0 Å². The molecule has 8 nitrogen and oxygen atoms in total. The number of hydrogen-bond donors (Lipinski definition) is 2. The zero-order valence-corrected chi connectivity index (χ0v) is 20.5. The molecule has 3 aromatic heterocycles. The Bertz CT molecular complexity index is 1170. The monoisotopic (exact) mass is 472 g/mol. The lowest BCUT2D eigenvalue weighted by molar-refractivity contribution is -0.156. The van der Waals surface area contributed by atoms with Crippen molar-refractivity contribution in [1.82, 2.24) is 19.9 Å². The Morgan fingerprint density at radius 2 is 1.97 bits per heavy atom. The molecule has 32 heavy (non-hydrogen) atoms. The first-order valence-electron chi connectivity index (χ1n) is 10.8. The zero-order valence-electron chi connectivity index (χ0n) is 18.9. The predicted molar refractivity (Wildman–Crippen MR) is 128 cm³/mol. The van der Waals surface area contributed by atoms with Crippen LogP contribution in [-0.4, -0.2) is 56.8 Å². The van der Waals surface area contributed by atoms with Crippen molar-refractivity contribution in [3.8, 4) is 10.6 Å². The lowest BCUT2D eigenvalue weighted by atomic mass is 10.1.